The van der Waals surface area contributed by atoms with Gasteiger partial charge in [0.15, 0.2) is 0 Å². The fourth-order valence-electron chi connectivity index (χ4n) is 1.90. The van der Waals surface area contributed by atoms with Crippen LogP contribution in [0.1, 0.15) is 27.7 Å². The molecule has 0 bridgehead atoms. The zero-order chi connectivity index (χ0) is 13.1. The van der Waals surface area contributed by atoms with Gasteiger partial charge in [-0.25, -0.2) is 4.79 Å². The number of amides is 1. The minimum Gasteiger partial charge on any atom is -0.444 e. The molecule has 0 aromatic rings. The molecule has 1 aliphatic heterocycles. The van der Waals surface area contributed by atoms with Gasteiger partial charge in [-0.15, -0.1) is 0 Å². The van der Waals surface area contributed by atoms with E-state index in [0.29, 0.717) is 13.1 Å². The summed E-state index contributed by atoms with van der Waals surface area (Å²) in [6.07, 6.45) is 0.631. The van der Waals surface area contributed by atoms with Gasteiger partial charge in [0.05, 0.1) is 6.54 Å². The number of nitrogens with zero attached hydrogens (tertiary/aromatic N) is 2. The molecule has 1 fully saturated rings. The largest absolute Gasteiger partial charge is 0.444 e. The molecule has 0 radical (unpaired) electrons. The van der Waals surface area contributed by atoms with E-state index in [9.17, 15) is 9.59 Å². The summed E-state index contributed by atoms with van der Waals surface area (Å²) >= 11 is 0. The fraction of sp³-hybridized carbons (Fsp3) is 0.833. The molecule has 0 aromatic carbocycles. The van der Waals surface area contributed by atoms with Crippen LogP contribution >= 0.6 is 0 Å². The Morgan fingerprint density at radius 3 is 2.53 bits per heavy atom. The number of hydrogen-bond donors (Lipinski definition) is 0. The molecule has 98 valence electrons. The maximum Gasteiger partial charge on any atom is 0.410 e. The monoisotopic (exact) mass is 242 g/mol. The lowest BCUT2D eigenvalue weighted by Crippen LogP contribution is -2.55. The van der Waals surface area contributed by atoms with Crippen LogP contribution in [0.5, 0.6) is 0 Å². The smallest absolute Gasteiger partial charge is 0.410 e. The van der Waals surface area contributed by atoms with E-state index in [1.807, 2.05) is 32.6 Å². The lowest BCUT2D eigenvalue weighted by atomic mass is 10.2. The van der Waals surface area contributed by atoms with Crippen molar-refractivity contribution in [3.8, 4) is 0 Å². The molecule has 17 heavy (non-hydrogen) atoms. The molecule has 1 atom stereocenters. The van der Waals surface area contributed by atoms with Crippen molar-refractivity contribution in [3.05, 3.63) is 0 Å². The molecule has 1 unspecified atom stereocenters. The molecular weight excluding hydrogens is 220 g/mol. The molecule has 0 spiro atoms. The first kappa shape index (κ1) is 14.0. The highest BCUT2D eigenvalue weighted by atomic mass is 16.6. The highest BCUT2D eigenvalue weighted by Gasteiger charge is 2.30. The Hall–Kier alpha value is -1.10. The first-order valence-corrected chi connectivity index (χ1v) is 5.99. The third-order valence-corrected chi connectivity index (χ3v) is 2.67. The third kappa shape index (κ3) is 4.34. The van der Waals surface area contributed by atoms with E-state index in [1.165, 1.54) is 0 Å². The van der Waals surface area contributed by atoms with E-state index in [2.05, 4.69) is 0 Å². The standard InChI is InChI=1S/C12H22N2O3/c1-10-9-13(7-8-15)5-6-14(10)11(16)17-12(2,3)4/h8,10H,5-7,9H2,1-4H3. The van der Waals surface area contributed by atoms with E-state index in [1.54, 1.807) is 4.90 Å². The Morgan fingerprint density at radius 2 is 2.06 bits per heavy atom. The van der Waals surface area contributed by atoms with Crippen LogP contribution in [0.15, 0.2) is 0 Å². The molecule has 1 aliphatic rings. The van der Waals surface area contributed by atoms with Crippen molar-refractivity contribution in [1.82, 2.24) is 9.80 Å². The molecule has 0 saturated carbocycles. The van der Waals surface area contributed by atoms with Gasteiger partial charge in [0, 0.05) is 25.7 Å². The Labute approximate surface area is 103 Å². The summed E-state index contributed by atoms with van der Waals surface area (Å²) in [5.74, 6) is 0. The molecule has 1 heterocycles. The van der Waals surface area contributed by atoms with Crippen molar-refractivity contribution in [2.45, 2.75) is 39.3 Å². The summed E-state index contributed by atoms with van der Waals surface area (Å²) in [6.45, 7) is 10.0. The Kier molecular flexibility index (Phi) is 4.51. The topological polar surface area (TPSA) is 49.9 Å². The van der Waals surface area contributed by atoms with Gasteiger partial charge in [0.25, 0.3) is 0 Å². The number of aldehydes is 1. The van der Waals surface area contributed by atoms with Crippen LogP contribution in [-0.4, -0.2) is 60.0 Å². The molecule has 0 N–H and O–H groups in total. The number of carbonyl (C=O) groups is 2. The van der Waals surface area contributed by atoms with Gasteiger partial charge >= 0.3 is 6.09 Å². The number of rotatable bonds is 2. The molecule has 5 nitrogen and oxygen atoms in total. The Balaban J connectivity index is 2.51. The summed E-state index contributed by atoms with van der Waals surface area (Å²) in [4.78, 5) is 26.1. The van der Waals surface area contributed by atoms with E-state index < -0.39 is 5.60 Å². The lowest BCUT2D eigenvalue weighted by molar-refractivity contribution is -0.109. The first-order valence-electron chi connectivity index (χ1n) is 5.99. The zero-order valence-corrected chi connectivity index (χ0v) is 11.1. The zero-order valence-electron chi connectivity index (χ0n) is 11.1. The average Bonchev–Trinajstić information content (AvgIpc) is 2.15. The Bertz CT molecular complexity index is 286. The van der Waals surface area contributed by atoms with Gasteiger partial charge in [-0.1, -0.05) is 0 Å². The highest BCUT2D eigenvalue weighted by Crippen LogP contribution is 2.15. The predicted octanol–water partition coefficient (Wildman–Crippen LogP) is 1.13. The first-order chi connectivity index (χ1) is 7.83. The maximum atomic E-state index is 11.9. The number of carbonyl (C=O) groups excluding carboxylic acids is 2. The molecular formula is C12H22N2O3. The number of ether oxygens (including phenoxy) is 1. The van der Waals surface area contributed by atoms with Crippen molar-refractivity contribution < 1.29 is 14.3 Å². The molecule has 1 saturated heterocycles. The summed E-state index contributed by atoms with van der Waals surface area (Å²) in [5, 5.41) is 0. The van der Waals surface area contributed by atoms with Gasteiger partial charge in [0.1, 0.15) is 11.9 Å². The maximum absolute atomic E-state index is 11.9. The van der Waals surface area contributed by atoms with Crippen LogP contribution in [-0.2, 0) is 9.53 Å². The second-order valence-electron chi connectivity index (χ2n) is 5.45. The van der Waals surface area contributed by atoms with Crippen molar-refractivity contribution in [3.63, 3.8) is 0 Å². The molecule has 5 heteroatoms. The normalized spacial score (nSPS) is 22.4. The van der Waals surface area contributed by atoms with Crippen LogP contribution in [0.2, 0.25) is 0 Å². The van der Waals surface area contributed by atoms with Crippen molar-refractivity contribution in [1.29, 1.82) is 0 Å². The fourth-order valence-corrected chi connectivity index (χ4v) is 1.90. The van der Waals surface area contributed by atoms with Gasteiger partial charge in [-0.2, -0.15) is 0 Å². The van der Waals surface area contributed by atoms with E-state index >= 15 is 0 Å². The van der Waals surface area contributed by atoms with Crippen LogP contribution < -0.4 is 0 Å². The van der Waals surface area contributed by atoms with Crippen molar-refractivity contribution in [2.75, 3.05) is 26.2 Å². The van der Waals surface area contributed by atoms with Gasteiger partial charge in [-0.05, 0) is 27.7 Å². The summed E-state index contributed by atoms with van der Waals surface area (Å²) in [5.41, 5.74) is -0.462. The summed E-state index contributed by atoms with van der Waals surface area (Å²) in [7, 11) is 0. The average molecular weight is 242 g/mol. The highest BCUT2D eigenvalue weighted by molar-refractivity contribution is 5.68. The second kappa shape index (κ2) is 5.49. The lowest BCUT2D eigenvalue weighted by Gasteiger charge is -2.39. The third-order valence-electron chi connectivity index (χ3n) is 2.67. The quantitative estimate of drug-likeness (QED) is 0.681. The van der Waals surface area contributed by atoms with Crippen LogP contribution in [0.3, 0.4) is 0 Å². The van der Waals surface area contributed by atoms with Crippen LogP contribution in [0.4, 0.5) is 4.79 Å². The minimum atomic E-state index is -0.462. The van der Waals surface area contributed by atoms with E-state index in [0.717, 1.165) is 19.4 Å². The summed E-state index contributed by atoms with van der Waals surface area (Å²) < 4.78 is 5.34. The second-order valence-corrected chi connectivity index (χ2v) is 5.45. The molecule has 1 amide bonds. The Morgan fingerprint density at radius 1 is 1.41 bits per heavy atom. The van der Waals surface area contributed by atoms with E-state index in [-0.39, 0.29) is 12.1 Å². The summed E-state index contributed by atoms with van der Waals surface area (Å²) in [6, 6.07) is 0.0820. The molecule has 0 aromatic heterocycles. The van der Waals surface area contributed by atoms with Crippen molar-refractivity contribution >= 4 is 12.4 Å². The van der Waals surface area contributed by atoms with Gasteiger partial charge in [0.2, 0.25) is 0 Å². The number of hydrogen-bond acceptors (Lipinski definition) is 4. The minimum absolute atomic E-state index is 0.0820. The van der Waals surface area contributed by atoms with Crippen LogP contribution in [0, 0.1) is 0 Å². The molecule has 0 aliphatic carbocycles. The SMILES string of the molecule is CC1CN(CC=O)CCN1C(=O)OC(C)(C)C. The number of piperazine rings is 1. The van der Waals surface area contributed by atoms with Crippen LogP contribution in [0.25, 0.3) is 0 Å². The van der Waals surface area contributed by atoms with Gasteiger partial charge in [-0.3, -0.25) is 4.90 Å². The van der Waals surface area contributed by atoms with Gasteiger partial charge < -0.3 is 14.4 Å². The van der Waals surface area contributed by atoms with Crippen molar-refractivity contribution in [2.24, 2.45) is 0 Å². The molecule has 1 rings (SSSR count). The van der Waals surface area contributed by atoms with E-state index in [4.69, 9.17) is 4.74 Å². The predicted molar refractivity (Wildman–Crippen MR) is 64.9 cm³/mol.